The van der Waals surface area contributed by atoms with Gasteiger partial charge in [0.2, 0.25) is 0 Å². The minimum atomic E-state index is -0.839. The molecule has 4 aliphatic heterocycles. The Balaban J connectivity index is 0.0000000923. The Morgan fingerprint density at radius 2 is 0.743 bits per heavy atom. The van der Waals surface area contributed by atoms with Crippen molar-refractivity contribution >= 4 is 97.0 Å². The van der Waals surface area contributed by atoms with Gasteiger partial charge in [0.25, 0.3) is 0 Å². The van der Waals surface area contributed by atoms with Gasteiger partial charge in [-0.15, -0.1) is 0 Å². The molecule has 0 saturated heterocycles. The lowest BCUT2D eigenvalue weighted by Gasteiger charge is -2.58. The summed E-state index contributed by atoms with van der Waals surface area (Å²) in [6.07, 6.45) is 53.7. The fourth-order valence-corrected chi connectivity index (χ4v) is 28.2. The molecule has 17 fully saturated rings. The molecule has 7 N–H and O–H groups in total. The summed E-state index contributed by atoms with van der Waals surface area (Å²) < 4.78 is 0. The van der Waals surface area contributed by atoms with Crippen LogP contribution in [-0.4, -0.2) is 168 Å². The second-order valence-corrected chi connectivity index (χ2v) is 38.3. The molecule has 16 bridgehead atoms. The first-order chi connectivity index (χ1) is 52.2. The van der Waals surface area contributed by atoms with Crippen LogP contribution in [0.15, 0.2) is 82.3 Å². The van der Waals surface area contributed by atoms with Gasteiger partial charge in [0, 0.05) is 161 Å². The summed E-state index contributed by atoms with van der Waals surface area (Å²) >= 11 is 0. The zero-order chi connectivity index (χ0) is 72.9. The molecule has 17 saturated carbocycles. The lowest BCUT2D eigenvalue weighted by atomic mass is 9.47. The molecule has 23 heteroatoms. The predicted molar refractivity (Wildman–Crippen MR) is 430 cm³/mol. The first kappa shape index (κ1) is 70.1. The van der Waals surface area contributed by atoms with Crippen LogP contribution in [0.2, 0.25) is 6.82 Å². The van der Waals surface area contributed by atoms with Crippen LogP contribution in [0.25, 0.3) is 24.3 Å². The fourth-order valence-electron chi connectivity index (χ4n) is 28.2. The first-order valence-electron chi connectivity index (χ1n) is 42.0. The summed E-state index contributed by atoms with van der Waals surface area (Å²) in [4.78, 5) is 26.1. The van der Waals surface area contributed by atoms with Gasteiger partial charge in [0.1, 0.15) is 0 Å². The van der Waals surface area contributed by atoms with Crippen molar-refractivity contribution in [3.05, 3.63) is 129 Å². The molecule has 19 nitrogen and oxygen atoms in total. The molecule has 0 amide bonds. The largest absolute Gasteiger partial charge is 0.472 e. The number of aliphatic hydroxyl groups is 4. The van der Waals surface area contributed by atoms with Crippen LogP contribution in [0.3, 0.4) is 0 Å². The van der Waals surface area contributed by atoms with E-state index in [2.05, 4.69) is 95.1 Å². The zero-order valence-corrected chi connectivity index (χ0v) is 62.9. The molecule has 25 aliphatic rings. The van der Waals surface area contributed by atoms with E-state index in [-0.39, 0.29) is 19.9 Å². The van der Waals surface area contributed by atoms with Crippen molar-refractivity contribution in [2.75, 3.05) is 13.6 Å². The number of pyridine rings is 4. The van der Waals surface area contributed by atoms with E-state index >= 15 is 0 Å². The van der Waals surface area contributed by atoms with Crippen LogP contribution in [0.1, 0.15) is 223 Å². The van der Waals surface area contributed by atoms with Gasteiger partial charge in [-0.25, -0.2) is 0 Å². The van der Waals surface area contributed by atoms with Gasteiger partial charge in [0.05, 0.1) is 68.0 Å². The number of hydrazone groups is 4. The Morgan fingerprint density at radius 3 is 1.08 bits per heavy atom. The highest BCUT2D eigenvalue weighted by Gasteiger charge is 2.62. The second kappa shape index (κ2) is 25.3. The van der Waals surface area contributed by atoms with Gasteiger partial charge in [0.15, 0.2) is 0 Å². The number of fused-ring (bicyclic) bond motifs is 12. The summed E-state index contributed by atoms with van der Waals surface area (Å²) in [5, 5.41) is 97.0. The molecular formula is C86H106B4N12O7. The molecule has 21 aliphatic carbocycles. The van der Waals surface area contributed by atoms with Crippen LogP contribution in [0.5, 0.6) is 0 Å². The van der Waals surface area contributed by atoms with Crippen LogP contribution in [-0.2, 0) is 25.7 Å². The lowest BCUT2D eigenvalue weighted by molar-refractivity contribution is -0.138. The van der Waals surface area contributed by atoms with Gasteiger partial charge >= 0.3 is 28.0 Å². The SMILES string of the molecule is C.C=CN1N=C(C2[C@@H]3CC4C[C@H]2CC(O)(C4)C3)c2c(cnc3c2C=CC3)B1O.CB1c2cnc3c(c2C(C2[C@@H]4CC5C[C@H]2CC(O)(C5)C4)=NN1C)C=CC3.CCN1N=C(C2[C@@H]3CC4C[C@H]2CC(O)(C4)C3)c2c(cnc3c2C=CC3)B1O.OB1c2cnc3c(c2C(C2C4CC5CC2CC(O)(C5)C4)=NN1C1CC1)C=CC3. The molecule has 4 aromatic heterocycles. The molecule has 8 heterocycles. The Morgan fingerprint density at radius 1 is 0.431 bits per heavy atom. The van der Waals surface area contributed by atoms with Crippen molar-refractivity contribution in [2.45, 2.75) is 217 Å². The Labute approximate surface area is 643 Å². The van der Waals surface area contributed by atoms with Crippen LogP contribution < -0.4 is 21.9 Å². The molecule has 11 unspecified atom stereocenters. The fraction of sp³-hybridized carbons (Fsp3) is 0.605. The number of hydrogen-bond acceptors (Lipinski definition) is 19. The maximum absolute atomic E-state index is 11.1. The average Bonchev–Trinajstić information content (AvgIpc) is 1.43. The summed E-state index contributed by atoms with van der Waals surface area (Å²) in [5.41, 5.74) is 21.0. The van der Waals surface area contributed by atoms with Crippen molar-refractivity contribution in [1.82, 2.24) is 39.6 Å². The normalized spacial score (nSPS) is 38.6. The molecule has 0 radical (unpaired) electrons. The standard InChI is InChI=1S/C22H26BN3O2.C21H26BN3O2.C21H24BN3O2.C21H26BN3O.CH4/c27-22-8-12-6-13(9-22)19(14(7-12)10-22)21-20-16-2-1-3-18(16)24-11-17(20)23(28)26(25-21)15-4-5-15;2*1-2-25-22(27)16-11-23-17-5-3-4-15(17)19(16)20(24-25)18-13-6-12-7-14(18)10-21(26,8-12)9-13;1-22-16-11-23-17-5-3-4-15(17)19(16)20(24-25(22)2)18-13-6-12-7-14(18)10-21(26,8-12)9-13;/h1-2,11-15,19,27-28H,3-10H2;3-4,11-14,18,26-27H,2,5-10H2,1H3;2-4,11-14,18,26-27H,1,5-10H2;3-4,11-14,18,26H,5-10H2,1-2H3;1H4/t;3*12?,13-,14+,18?,21?;. The van der Waals surface area contributed by atoms with E-state index in [0.717, 1.165) is 194 Å². The third-order valence-electron chi connectivity index (χ3n) is 31.6. The quantitative estimate of drug-likeness (QED) is 0.0868. The van der Waals surface area contributed by atoms with E-state index in [9.17, 15) is 35.5 Å². The van der Waals surface area contributed by atoms with Crippen molar-refractivity contribution in [3.8, 4) is 0 Å². The topological polar surface area (TPSA) is 256 Å². The molecule has 29 rings (SSSR count). The molecule has 17 atom stereocenters. The van der Waals surface area contributed by atoms with Gasteiger partial charge in [-0.1, -0.05) is 69.4 Å². The summed E-state index contributed by atoms with van der Waals surface area (Å²) in [7, 11) is -0.144. The van der Waals surface area contributed by atoms with Crippen molar-refractivity contribution in [1.29, 1.82) is 0 Å². The molecule has 109 heavy (non-hydrogen) atoms. The second-order valence-electron chi connectivity index (χ2n) is 38.3. The Hall–Kier alpha value is -6.84. The molecule has 0 aromatic carbocycles. The summed E-state index contributed by atoms with van der Waals surface area (Å²) in [6, 6.07) is 0.364. The van der Waals surface area contributed by atoms with E-state index in [4.69, 9.17) is 25.4 Å². The molecule has 564 valence electrons. The Kier molecular flexibility index (Phi) is 16.3. The van der Waals surface area contributed by atoms with Crippen molar-refractivity contribution in [3.63, 3.8) is 0 Å². The van der Waals surface area contributed by atoms with E-state index in [0.29, 0.717) is 101 Å². The van der Waals surface area contributed by atoms with Crippen LogP contribution >= 0.6 is 0 Å². The number of hydrogen-bond donors (Lipinski definition) is 7. The van der Waals surface area contributed by atoms with E-state index in [1.54, 1.807) is 11.1 Å². The molecular weight excluding hydrogens is 1360 g/mol. The Bertz CT molecular complexity index is 4700. The van der Waals surface area contributed by atoms with Crippen molar-refractivity contribution < 1.29 is 35.5 Å². The van der Waals surface area contributed by atoms with Gasteiger partial charge < -0.3 is 50.3 Å². The monoisotopic (exact) mass is 1460 g/mol. The predicted octanol–water partition coefficient (Wildman–Crippen LogP) is 7.91. The first-order valence-corrected chi connectivity index (χ1v) is 42.0. The summed E-state index contributed by atoms with van der Waals surface area (Å²) in [5.74, 6) is 8.61. The van der Waals surface area contributed by atoms with Gasteiger partial charge in [-0.3, -0.25) is 24.9 Å². The number of nitrogens with zero attached hydrogens (tertiary/aromatic N) is 12. The molecule has 4 aromatic rings. The smallest absolute Gasteiger partial charge is 0.428 e. The minimum Gasteiger partial charge on any atom is -0.428 e. The van der Waals surface area contributed by atoms with Crippen LogP contribution in [0.4, 0.5) is 0 Å². The summed E-state index contributed by atoms with van der Waals surface area (Å²) in [6.45, 7) is 9.05. The lowest BCUT2D eigenvalue weighted by Crippen LogP contribution is -2.60. The van der Waals surface area contributed by atoms with Crippen molar-refractivity contribution in [2.24, 2.45) is 115 Å². The number of allylic oxidation sites excluding steroid dienone is 4. The maximum Gasteiger partial charge on any atom is 0.472 e. The highest BCUT2D eigenvalue weighted by atomic mass is 16.3. The van der Waals surface area contributed by atoms with E-state index in [1.165, 1.54) is 90.6 Å². The van der Waals surface area contributed by atoms with E-state index < -0.39 is 38.0 Å². The third kappa shape index (κ3) is 11.0. The van der Waals surface area contributed by atoms with Crippen LogP contribution in [0, 0.1) is 94.7 Å². The molecule has 0 spiro atoms. The minimum absolute atomic E-state index is 0. The zero-order valence-electron chi connectivity index (χ0n) is 62.9. The van der Waals surface area contributed by atoms with Gasteiger partial charge in [-0.2, -0.15) is 20.4 Å². The van der Waals surface area contributed by atoms with Gasteiger partial charge in [-0.05, 0) is 225 Å². The highest BCUT2D eigenvalue weighted by Crippen LogP contribution is 2.64. The highest BCUT2D eigenvalue weighted by molar-refractivity contribution is 6.71. The number of rotatable bonds is 7. The maximum atomic E-state index is 11.1. The average molecular weight is 1460 g/mol. The number of aromatic nitrogens is 4. The third-order valence-corrected chi connectivity index (χ3v) is 31.6. The van der Waals surface area contributed by atoms with E-state index in [1.807, 2.05) is 35.4 Å².